The predicted octanol–water partition coefficient (Wildman–Crippen LogP) is 3.96. The first-order valence-electron chi connectivity index (χ1n) is 6.01. The number of aromatic nitrogens is 3. The van der Waals surface area contributed by atoms with E-state index in [1.54, 1.807) is 6.07 Å². The number of aryl methyl sites for hydroxylation is 2. The molecule has 3 aromatic rings. The minimum Gasteiger partial charge on any atom is -0.244 e. The zero-order valence-corrected chi connectivity index (χ0v) is 11.4. The number of hydrogen-bond donors (Lipinski definition) is 0. The molecule has 2 aromatic heterocycles. The number of nitrogens with zero attached hydrogens (tertiary/aromatic N) is 3. The van der Waals surface area contributed by atoms with E-state index in [1.165, 1.54) is 0 Å². The smallest absolute Gasteiger partial charge is 0.179 e. The third kappa shape index (κ3) is 2.29. The van der Waals surface area contributed by atoms with Gasteiger partial charge in [0.1, 0.15) is 10.8 Å². The van der Waals surface area contributed by atoms with Crippen LogP contribution < -0.4 is 0 Å². The van der Waals surface area contributed by atoms with Crippen molar-refractivity contribution in [3.05, 3.63) is 52.8 Å². The molecule has 0 saturated carbocycles. The summed E-state index contributed by atoms with van der Waals surface area (Å²) >= 11 is 5.98. The third-order valence-corrected chi connectivity index (χ3v) is 3.17. The summed E-state index contributed by atoms with van der Waals surface area (Å²) in [4.78, 5) is 13.2. The maximum absolute atomic E-state index is 5.98. The Hall–Kier alpha value is -2.00. The van der Waals surface area contributed by atoms with Crippen molar-refractivity contribution in [2.45, 2.75) is 13.8 Å². The molecule has 3 nitrogen and oxygen atoms in total. The number of benzene rings is 1. The van der Waals surface area contributed by atoms with E-state index < -0.39 is 0 Å². The van der Waals surface area contributed by atoms with Crippen LogP contribution in [0.2, 0.25) is 5.15 Å². The van der Waals surface area contributed by atoms with Crippen LogP contribution in [-0.2, 0) is 0 Å². The Balaban J connectivity index is 2.25. The maximum Gasteiger partial charge on any atom is 0.179 e. The van der Waals surface area contributed by atoms with Gasteiger partial charge in [-0.3, -0.25) is 0 Å². The molecule has 4 heteroatoms. The van der Waals surface area contributed by atoms with Gasteiger partial charge in [-0.2, -0.15) is 0 Å². The molecule has 19 heavy (non-hydrogen) atoms. The maximum atomic E-state index is 5.98. The predicted molar refractivity (Wildman–Crippen MR) is 77.3 cm³/mol. The van der Waals surface area contributed by atoms with E-state index in [9.17, 15) is 0 Å². The standard InChI is InChI=1S/C15H12ClN3/c1-9-7-13(15-17-10(2)8-14(16)19-15)18-12-6-4-3-5-11(9)12/h3-8H,1-2H3. The minimum absolute atomic E-state index is 0.440. The molecule has 0 bridgehead atoms. The highest BCUT2D eigenvalue weighted by Crippen LogP contribution is 2.23. The number of halogens is 1. The topological polar surface area (TPSA) is 38.7 Å². The average molecular weight is 270 g/mol. The van der Waals surface area contributed by atoms with E-state index >= 15 is 0 Å². The molecule has 0 fully saturated rings. The lowest BCUT2D eigenvalue weighted by Gasteiger charge is -2.06. The molecule has 0 spiro atoms. The van der Waals surface area contributed by atoms with Crippen molar-refractivity contribution >= 4 is 22.5 Å². The Morgan fingerprint density at radius 1 is 0.947 bits per heavy atom. The number of hydrogen-bond acceptors (Lipinski definition) is 3. The van der Waals surface area contributed by atoms with Gasteiger partial charge in [0.2, 0.25) is 0 Å². The number of para-hydroxylation sites is 1. The largest absolute Gasteiger partial charge is 0.244 e. The molecular formula is C15H12ClN3. The SMILES string of the molecule is Cc1cc(Cl)nc(-c2cc(C)c3ccccc3n2)n1. The van der Waals surface area contributed by atoms with Crippen LogP contribution in [0.25, 0.3) is 22.4 Å². The molecule has 0 aliphatic carbocycles. The summed E-state index contributed by atoms with van der Waals surface area (Å²) in [6.45, 7) is 3.95. The quantitative estimate of drug-likeness (QED) is 0.628. The number of fused-ring (bicyclic) bond motifs is 1. The van der Waals surface area contributed by atoms with E-state index in [1.807, 2.05) is 31.2 Å². The van der Waals surface area contributed by atoms with Gasteiger partial charge in [-0.15, -0.1) is 0 Å². The molecule has 1 aromatic carbocycles. The average Bonchev–Trinajstić information content (AvgIpc) is 2.37. The second kappa shape index (κ2) is 4.59. The first-order chi connectivity index (χ1) is 9.13. The fourth-order valence-electron chi connectivity index (χ4n) is 2.11. The zero-order valence-electron chi connectivity index (χ0n) is 10.7. The fraction of sp³-hybridized carbons (Fsp3) is 0.133. The van der Waals surface area contributed by atoms with Crippen molar-refractivity contribution in [1.29, 1.82) is 0 Å². The minimum atomic E-state index is 0.440. The van der Waals surface area contributed by atoms with E-state index in [4.69, 9.17) is 11.6 Å². The van der Waals surface area contributed by atoms with E-state index in [2.05, 4.69) is 27.9 Å². The van der Waals surface area contributed by atoms with Gasteiger partial charge < -0.3 is 0 Å². The molecule has 0 unspecified atom stereocenters. The molecule has 3 rings (SSSR count). The lowest BCUT2D eigenvalue weighted by Crippen LogP contribution is -1.96. The van der Waals surface area contributed by atoms with E-state index in [0.717, 1.165) is 27.9 Å². The Morgan fingerprint density at radius 3 is 2.53 bits per heavy atom. The summed E-state index contributed by atoms with van der Waals surface area (Å²) < 4.78 is 0. The molecule has 0 amide bonds. The van der Waals surface area contributed by atoms with Crippen molar-refractivity contribution in [2.24, 2.45) is 0 Å². The highest BCUT2D eigenvalue weighted by atomic mass is 35.5. The Bertz CT molecular complexity index is 748. The molecule has 0 aliphatic heterocycles. The van der Waals surface area contributed by atoms with Gasteiger partial charge in [-0.25, -0.2) is 15.0 Å². The van der Waals surface area contributed by atoms with E-state index in [0.29, 0.717) is 11.0 Å². The van der Waals surface area contributed by atoms with Crippen LogP contribution in [0.1, 0.15) is 11.3 Å². The van der Waals surface area contributed by atoms with Gasteiger partial charge in [-0.1, -0.05) is 29.8 Å². The normalized spacial score (nSPS) is 10.9. The highest BCUT2D eigenvalue weighted by Gasteiger charge is 2.08. The van der Waals surface area contributed by atoms with Crippen LogP contribution in [-0.4, -0.2) is 15.0 Å². The van der Waals surface area contributed by atoms with Crippen molar-refractivity contribution in [1.82, 2.24) is 15.0 Å². The van der Waals surface area contributed by atoms with Gasteiger partial charge >= 0.3 is 0 Å². The first-order valence-corrected chi connectivity index (χ1v) is 6.39. The van der Waals surface area contributed by atoms with Gasteiger partial charge in [-0.05, 0) is 37.6 Å². The summed E-state index contributed by atoms with van der Waals surface area (Å²) in [7, 11) is 0. The Labute approximate surface area is 116 Å². The summed E-state index contributed by atoms with van der Waals surface area (Å²) in [5, 5.41) is 1.58. The fourth-order valence-corrected chi connectivity index (χ4v) is 2.35. The van der Waals surface area contributed by atoms with Crippen LogP contribution in [0.5, 0.6) is 0 Å². The second-order valence-corrected chi connectivity index (χ2v) is 4.88. The molecule has 0 aliphatic rings. The Kier molecular flexibility index (Phi) is 2.91. The Morgan fingerprint density at radius 2 is 1.74 bits per heavy atom. The summed E-state index contributed by atoms with van der Waals surface area (Å²) in [5.74, 6) is 0.568. The number of pyridine rings is 1. The van der Waals surface area contributed by atoms with Crippen LogP contribution in [0.3, 0.4) is 0 Å². The van der Waals surface area contributed by atoms with Crippen molar-refractivity contribution in [3.63, 3.8) is 0 Å². The van der Waals surface area contributed by atoms with Crippen molar-refractivity contribution in [3.8, 4) is 11.5 Å². The van der Waals surface area contributed by atoms with Gasteiger partial charge in [0.25, 0.3) is 0 Å². The van der Waals surface area contributed by atoms with Crippen LogP contribution in [0.15, 0.2) is 36.4 Å². The van der Waals surface area contributed by atoms with Gasteiger partial charge in [0, 0.05) is 11.1 Å². The van der Waals surface area contributed by atoms with Crippen LogP contribution in [0, 0.1) is 13.8 Å². The molecule has 94 valence electrons. The highest BCUT2D eigenvalue weighted by molar-refractivity contribution is 6.29. The first kappa shape index (κ1) is 12.1. The monoisotopic (exact) mass is 269 g/mol. The summed E-state index contributed by atoms with van der Waals surface area (Å²) in [5.41, 5.74) is 3.69. The van der Waals surface area contributed by atoms with Crippen LogP contribution in [0.4, 0.5) is 0 Å². The molecule has 0 saturated heterocycles. The molecular weight excluding hydrogens is 258 g/mol. The lowest BCUT2D eigenvalue weighted by molar-refractivity contribution is 1.09. The molecule has 0 radical (unpaired) electrons. The summed E-state index contributed by atoms with van der Waals surface area (Å²) in [6, 6.07) is 11.8. The lowest BCUT2D eigenvalue weighted by atomic mass is 10.1. The third-order valence-electron chi connectivity index (χ3n) is 2.98. The molecule has 0 atom stereocenters. The zero-order chi connectivity index (χ0) is 13.4. The summed E-state index contributed by atoms with van der Waals surface area (Å²) in [6.07, 6.45) is 0. The van der Waals surface area contributed by atoms with E-state index in [-0.39, 0.29) is 0 Å². The van der Waals surface area contributed by atoms with Gasteiger partial charge in [0.15, 0.2) is 5.82 Å². The van der Waals surface area contributed by atoms with Crippen molar-refractivity contribution < 1.29 is 0 Å². The molecule has 2 heterocycles. The number of rotatable bonds is 1. The molecule has 0 N–H and O–H groups in total. The van der Waals surface area contributed by atoms with Gasteiger partial charge in [0.05, 0.1) is 5.52 Å². The van der Waals surface area contributed by atoms with Crippen LogP contribution >= 0.6 is 11.6 Å². The second-order valence-electron chi connectivity index (χ2n) is 4.50. The van der Waals surface area contributed by atoms with Crippen molar-refractivity contribution in [2.75, 3.05) is 0 Å².